The Morgan fingerprint density at radius 3 is 2.03 bits per heavy atom. The van der Waals surface area contributed by atoms with E-state index in [4.69, 9.17) is 9.51 Å². The van der Waals surface area contributed by atoms with Gasteiger partial charge in [-0.25, -0.2) is 4.98 Å². The van der Waals surface area contributed by atoms with Crippen molar-refractivity contribution in [3.05, 3.63) is 113 Å². The van der Waals surface area contributed by atoms with Gasteiger partial charge in [-0.15, -0.1) is 0 Å². The van der Waals surface area contributed by atoms with Crippen LogP contribution in [0.25, 0.3) is 11.3 Å². The van der Waals surface area contributed by atoms with Gasteiger partial charge in [0.2, 0.25) is 0 Å². The van der Waals surface area contributed by atoms with Gasteiger partial charge in [-0.3, -0.25) is 0 Å². The van der Waals surface area contributed by atoms with Crippen LogP contribution in [-0.4, -0.2) is 4.98 Å². The molecule has 1 atom stereocenters. The Balaban J connectivity index is 1.52. The number of aromatic nitrogens is 1. The maximum atomic E-state index is 6.88. The highest BCUT2D eigenvalue weighted by molar-refractivity contribution is 7.68. The number of hydrogen-bond donors (Lipinski definition) is 0. The molecule has 1 aromatic heterocycles. The van der Waals surface area contributed by atoms with Crippen LogP contribution in [0.15, 0.2) is 91.0 Å². The van der Waals surface area contributed by atoms with Crippen molar-refractivity contribution in [2.45, 2.75) is 32.8 Å². The molecule has 2 nitrogen and oxygen atoms in total. The summed E-state index contributed by atoms with van der Waals surface area (Å²) in [6.07, 6.45) is 2.03. The van der Waals surface area contributed by atoms with E-state index < -0.39 is 8.15 Å². The fraction of sp³-hybridized carbons (Fsp3) is 0.179. The average molecular weight is 423 g/mol. The lowest BCUT2D eigenvalue weighted by molar-refractivity contribution is 0.234. The van der Waals surface area contributed by atoms with Crippen molar-refractivity contribution in [2.24, 2.45) is 0 Å². The van der Waals surface area contributed by atoms with Gasteiger partial charge in [0.05, 0.1) is 19.5 Å². The molecule has 0 saturated heterocycles. The van der Waals surface area contributed by atoms with Crippen molar-refractivity contribution in [2.75, 3.05) is 0 Å². The number of fused-ring (bicyclic) bond motifs is 1. The van der Waals surface area contributed by atoms with Gasteiger partial charge in [0, 0.05) is 16.2 Å². The summed E-state index contributed by atoms with van der Waals surface area (Å²) < 4.78 is 6.88. The van der Waals surface area contributed by atoms with Crippen LogP contribution in [0.3, 0.4) is 0 Å². The summed E-state index contributed by atoms with van der Waals surface area (Å²) in [5.41, 5.74) is 7.26. The highest BCUT2D eigenvalue weighted by Crippen LogP contribution is 2.46. The molecule has 1 aliphatic rings. The number of benzene rings is 3. The van der Waals surface area contributed by atoms with Crippen LogP contribution >= 0.6 is 8.15 Å². The lowest BCUT2D eigenvalue weighted by Gasteiger charge is -2.23. The summed E-state index contributed by atoms with van der Waals surface area (Å²) in [7, 11) is -0.904. The summed E-state index contributed by atoms with van der Waals surface area (Å²) in [4.78, 5) is 5.12. The molecule has 0 saturated carbocycles. The number of hydrogen-bond acceptors (Lipinski definition) is 2. The van der Waals surface area contributed by atoms with Crippen molar-refractivity contribution in [1.82, 2.24) is 4.98 Å². The Hall–Kier alpha value is -2.80. The molecule has 0 unspecified atom stereocenters. The Morgan fingerprint density at radius 1 is 0.806 bits per heavy atom. The summed E-state index contributed by atoms with van der Waals surface area (Å²) in [6, 6.07) is 32.1. The first-order chi connectivity index (χ1) is 15.2. The molecule has 0 spiro atoms. The van der Waals surface area contributed by atoms with Crippen molar-refractivity contribution in [3.63, 3.8) is 0 Å². The number of aryl methyl sites for hydroxylation is 2. The van der Waals surface area contributed by atoms with E-state index in [1.807, 2.05) is 0 Å². The van der Waals surface area contributed by atoms with Gasteiger partial charge in [-0.05, 0) is 43.9 Å². The Bertz CT molecular complexity index is 1130. The van der Waals surface area contributed by atoms with Crippen molar-refractivity contribution in [1.29, 1.82) is 0 Å². The van der Waals surface area contributed by atoms with E-state index in [2.05, 4.69) is 105 Å². The molecule has 1 aliphatic carbocycles. The standard InChI is InChI=1S/C28H26NOP/c1-20-13-15-22(16-14-20)26-19-21(2)25-17-18-27(28(25)29-26)30-31(23-9-5-3-6-10-23)24-11-7-4-8-12-24/h3-16,19,27H,17-18H2,1-2H3/t27-/m1/s1. The highest BCUT2D eigenvalue weighted by Gasteiger charge is 2.30. The van der Waals surface area contributed by atoms with Gasteiger partial charge >= 0.3 is 0 Å². The van der Waals surface area contributed by atoms with Crippen molar-refractivity contribution >= 4 is 18.8 Å². The van der Waals surface area contributed by atoms with Gasteiger partial charge < -0.3 is 4.52 Å². The zero-order chi connectivity index (χ0) is 21.2. The third-order valence-corrected chi connectivity index (χ3v) is 7.90. The number of nitrogens with zero attached hydrogens (tertiary/aromatic N) is 1. The van der Waals surface area contributed by atoms with Crippen LogP contribution in [0.5, 0.6) is 0 Å². The molecule has 0 amide bonds. The third-order valence-electron chi connectivity index (χ3n) is 5.90. The molecule has 0 bridgehead atoms. The quantitative estimate of drug-likeness (QED) is 0.346. The van der Waals surface area contributed by atoms with E-state index in [0.717, 1.165) is 29.8 Å². The molecular weight excluding hydrogens is 397 g/mol. The largest absolute Gasteiger partial charge is 0.340 e. The monoisotopic (exact) mass is 423 g/mol. The second-order valence-corrected chi connectivity index (χ2v) is 9.98. The smallest absolute Gasteiger partial charge is 0.105 e. The molecule has 3 aromatic carbocycles. The molecule has 3 heteroatoms. The first kappa shape index (κ1) is 20.1. The average Bonchev–Trinajstić information content (AvgIpc) is 3.22. The van der Waals surface area contributed by atoms with Crippen LogP contribution < -0.4 is 10.6 Å². The maximum Gasteiger partial charge on any atom is 0.105 e. The topological polar surface area (TPSA) is 22.1 Å². The number of rotatable bonds is 5. The van der Waals surface area contributed by atoms with Crippen molar-refractivity contribution < 1.29 is 4.52 Å². The summed E-state index contributed by atoms with van der Waals surface area (Å²) in [5, 5.41) is 2.48. The molecule has 0 aliphatic heterocycles. The molecule has 5 rings (SSSR count). The van der Waals surface area contributed by atoms with Crippen LogP contribution in [0, 0.1) is 13.8 Å². The zero-order valence-corrected chi connectivity index (χ0v) is 18.8. The third kappa shape index (κ3) is 4.19. The molecule has 0 N–H and O–H groups in total. The molecule has 1 heterocycles. The zero-order valence-electron chi connectivity index (χ0n) is 18.0. The summed E-state index contributed by atoms with van der Waals surface area (Å²) in [5.74, 6) is 0. The normalized spacial score (nSPS) is 15.3. The summed E-state index contributed by atoms with van der Waals surface area (Å²) >= 11 is 0. The van der Waals surface area contributed by atoms with Crippen LogP contribution in [0.1, 0.15) is 34.9 Å². The predicted octanol–water partition coefficient (Wildman–Crippen LogP) is 6.42. The SMILES string of the molecule is Cc1ccc(-c2cc(C)c3c(n2)[C@H](OP(c2ccccc2)c2ccccc2)CC3)cc1. The molecular formula is C28H26NOP. The number of pyridine rings is 1. The van der Waals surface area contributed by atoms with Gasteiger partial charge in [-0.2, -0.15) is 0 Å². The van der Waals surface area contributed by atoms with E-state index in [0.29, 0.717) is 0 Å². The fourth-order valence-corrected chi connectivity index (χ4v) is 6.11. The predicted molar refractivity (Wildman–Crippen MR) is 130 cm³/mol. The van der Waals surface area contributed by atoms with E-state index >= 15 is 0 Å². The van der Waals surface area contributed by atoms with E-state index in [1.165, 1.54) is 27.3 Å². The molecule has 4 aromatic rings. The second-order valence-electron chi connectivity index (χ2n) is 8.15. The summed E-state index contributed by atoms with van der Waals surface area (Å²) in [6.45, 7) is 4.32. The lowest BCUT2D eigenvalue weighted by atomic mass is 10.0. The second kappa shape index (κ2) is 8.75. The first-order valence-corrected chi connectivity index (χ1v) is 12.1. The van der Waals surface area contributed by atoms with E-state index in [-0.39, 0.29) is 6.10 Å². The van der Waals surface area contributed by atoms with E-state index in [1.54, 1.807) is 0 Å². The van der Waals surface area contributed by atoms with Crippen molar-refractivity contribution in [3.8, 4) is 11.3 Å². The Labute approximate surface area is 185 Å². The lowest BCUT2D eigenvalue weighted by Crippen LogP contribution is -2.15. The minimum absolute atomic E-state index is 0.0191. The van der Waals surface area contributed by atoms with Gasteiger partial charge in [0.25, 0.3) is 0 Å². The minimum atomic E-state index is -0.904. The first-order valence-electron chi connectivity index (χ1n) is 10.8. The Morgan fingerprint density at radius 2 is 1.42 bits per heavy atom. The molecule has 154 valence electrons. The maximum absolute atomic E-state index is 6.88. The minimum Gasteiger partial charge on any atom is -0.340 e. The van der Waals surface area contributed by atoms with Gasteiger partial charge in [0.1, 0.15) is 6.10 Å². The highest BCUT2D eigenvalue weighted by atomic mass is 31.1. The van der Waals surface area contributed by atoms with E-state index in [9.17, 15) is 0 Å². The fourth-order valence-electron chi connectivity index (χ4n) is 4.23. The molecule has 0 radical (unpaired) electrons. The van der Waals surface area contributed by atoms with Crippen LogP contribution in [-0.2, 0) is 10.9 Å². The van der Waals surface area contributed by atoms with Crippen LogP contribution in [0.2, 0.25) is 0 Å². The van der Waals surface area contributed by atoms with Gasteiger partial charge in [-0.1, -0.05) is 90.5 Å². The van der Waals surface area contributed by atoms with Crippen LogP contribution in [0.4, 0.5) is 0 Å². The van der Waals surface area contributed by atoms with Gasteiger partial charge in [0.15, 0.2) is 0 Å². The molecule has 0 fully saturated rings. The Kier molecular flexibility index (Phi) is 5.68. The molecule has 31 heavy (non-hydrogen) atoms.